The molecule has 1 heterocycles. The molecule has 150 valence electrons. The van der Waals surface area contributed by atoms with E-state index in [1.165, 1.54) is 22.5 Å². The number of rotatable bonds is 6. The third-order valence-electron chi connectivity index (χ3n) is 4.68. The van der Waals surface area contributed by atoms with Crippen molar-refractivity contribution in [2.45, 2.75) is 30.7 Å². The molecule has 2 aromatic carbocycles. The number of nitrogens with one attached hydrogen (secondary N) is 1. The number of hydrogen-bond acceptors (Lipinski definition) is 5. The first-order chi connectivity index (χ1) is 13.2. The van der Waals surface area contributed by atoms with E-state index >= 15 is 0 Å². The molecule has 0 unspecified atom stereocenters. The first-order valence-electron chi connectivity index (χ1n) is 8.70. The maximum Gasteiger partial charge on any atom is 0.293 e. The Labute approximate surface area is 161 Å². The van der Waals surface area contributed by atoms with E-state index < -0.39 is 38.3 Å². The Bertz CT molecular complexity index is 1010. The largest absolute Gasteiger partial charge is 0.373 e. The minimum absolute atomic E-state index is 0.0857. The van der Waals surface area contributed by atoms with Gasteiger partial charge in [-0.05, 0) is 49.6 Å². The van der Waals surface area contributed by atoms with E-state index in [9.17, 15) is 27.3 Å². The summed E-state index contributed by atoms with van der Waals surface area (Å²) in [6.45, 7) is 2.41. The molecule has 0 aromatic heterocycles. The zero-order valence-electron chi connectivity index (χ0n) is 15.1. The van der Waals surface area contributed by atoms with Crippen LogP contribution in [-0.4, -0.2) is 30.7 Å². The first-order valence-corrected chi connectivity index (χ1v) is 10.1. The van der Waals surface area contributed by atoms with Crippen LogP contribution in [0.5, 0.6) is 0 Å². The lowest BCUT2D eigenvalue weighted by Gasteiger charge is -2.18. The molecule has 1 atom stereocenters. The first kappa shape index (κ1) is 20.2. The molecule has 28 heavy (non-hydrogen) atoms. The summed E-state index contributed by atoms with van der Waals surface area (Å²) in [5.41, 5.74) is 0.0688. The molecule has 10 heteroatoms. The summed E-state index contributed by atoms with van der Waals surface area (Å²) < 4.78 is 53.1. The van der Waals surface area contributed by atoms with Gasteiger partial charge in [-0.1, -0.05) is 6.07 Å². The van der Waals surface area contributed by atoms with Gasteiger partial charge >= 0.3 is 0 Å². The van der Waals surface area contributed by atoms with Crippen LogP contribution in [0, 0.1) is 21.7 Å². The third kappa shape index (κ3) is 3.97. The highest BCUT2D eigenvalue weighted by molar-refractivity contribution is 7.89. The average Bonchev–Trinajstić information content (AvgIpc) is 3.19. The van der Waals surface area contributed by atoms with Crippen LogP contribution >= 0.6 is 0 Å². The van der Waals surface area contributed by atoms with Crippen LogP contribution < -0.4 is 5.32 Å². The Hall–Kier alpha value is -2.59. The second kappa shape index (κ2) is 7.80. The molecule has 1 N–H and O–H groups in total. The lowest BCUT2D eigenvalue weighted by atomic mass is 10.1. The van der Waals surface area contributed by atoms with Crippen LogP contribution in [-0.2, 0) is 10.0 Å². The SMILES string of the molecule is C[C@@H](Nc1ccc(S(=O)(=O)N2CCCC2)cc1[N+](=O)[O-])c1ccc(F)c(F)c1. The van der Waals surface area contributed by atoms with Crippen LogP contribution in [0.4, 0.5) is 20.2 Å². The standard InChI is InChI=1S/C18H19F2N3O4S/c1-12(13-4-6-15(19)16(20)10-13)21-17-7-5-14(11-18(17)23(24)25)28(26,27)22-8-2-3-9-22/h4-7,10-12,21H,2-3,8-9H2,1H3/t12-/m1/s1. The van der Waals surface area contributed by atoms with Crippen LogP contribution in [0.2, 0.25) is 0 Å². The summed E-state index contributed by atoms with van der Waals surface area (Å²) in [7, 11) is -3.79. The molecule has 0 saturated carbocycles. The van der Waals surface area contributed by atoms with E-state index in [-0.39, 0.29) is 10.6 Å². The second-order valence-electron chi connectivity index (χ2n) is 6.59. The molecule has 1 fully saturated rings. The second-order valence-corrected chi connectivity index (χ2v) is 8.52. The highest BCUT2D eigenvalue weighted by atomic mass is 32.2. The van der Waals surface area contributed by atoms with Gasteiger partial charge in [-0.3, -0.25) is 10.1 Å². The Morgan fingerprint density at radius 2 is 1.79 bits per heavy atom. The van der Waals surface area contributed by atoms with Crippen molar-refractivity contribution in [1.82, 2.24) is 4.31 Å². The Kier molecular flexibility index (Phi) is 5.61. The quantitative estimate of drug-likeness (QED) is 0.576. The van der Waals surface area contributed by atoms with Gasteiger partial charge in [0.15, 0.2) is 11.6 Å². The molecule has 0 amide bonds. The number of hydrogen-bond donors (Lipinski definition) is 1. The number of anilines is 1. The minimum Gasteiger partial charge on any atom is -0.373 e. The Morgan fingerprint density at radius 3 is 2.39 bits per heavy atom. The van der Waals surface area contributed by atoms with E-state index in [2.05, 4.69) is 5.32 Å². The molecule has 1 aliphatic heterocycles. The molecule has 2 aromatic rings. The Morgan fingerprint density at radius 1 is 1.11 bits per heavy atom. The summed E-state index contributed by atoms with van der Waals surface area (Å²) in [6, 6.07) is 6.42. The van der Waals surface area contributed by atoms with Crippen molar-refractivity contribution in [3.05, 3.63) is 63.7 Å². The van der Waals surface area contributed by atoms with Crippen LogP contribution in [0.3, 0.4) is 0 Å². The molecule has 0 radical (unpaired) electrons. The number of benzene rings is 2. The number of nitro benzene ring substituents is 1. The van der Waals surface area contributed by atoms with Crippen molar-refractivity contribution >= 4 is 21.4 Å². The fourth-order valence-corrected chi connectivity index (χ4v) is 4.66. The third-order valence-corrected chi connectivity index (χ3v) is 6.58. The van der Waals surface area contributed by atoms with E-state index in [4.69, 9.17) is 0 Å². The molecule has 0 aliphatic carbocycles. The predicted octanol–water partition coefficient (Wildman–Crippen LogP) is 3.83. The van der Waals surface area contributed by atoms with Crippen molar-refractivity contribution in [3.63, 3.8) is 0 Å². The fraction of sp³-hybridized carbons (Fsp3) is 0.333. The summed E-state index contributed by atoms with van der Waals surface area (Å²) in [5, 5.41) is 14.4. The van der Waals surface area contributed by atoms with Gasteiger partial charge < -0.3 is 5.32 Å². The molecule has 7 nitrogen and oxygen atoms in total. The van der Waals surface area contributed by atoms with E-state index in [1.807, 2.05) is 0 Å². The fourth-order valence-electron chi connectivity index (χ4n) is 3.12. The lowest BCUT2D eigenvalue weighted by molar-refractivity contribution is -0.384. The van der Waals surface area contributed by atoms with Gasteiger partial charge in [-0.15, -0.1) is 0 Å². The van der Waals surface area contributed by atoms with Crippen molar-refractivity contribution < 1.29 is 22.1 Å². The van der Waals surface area contributed by atoms with E-state index in [0.717, 1.165) is 31.0 Å². The lowest BCUT2D eigenvalue weighted by Crippen LogP contribution is -2.27. The van der Waals surface area contributed by atoms with Gasteiger partial charge in [0.2, 0.25) is 10.0 Å². The van der Waals surface area contributed by atoms with Gasteiger partial charge in [0.1, 0.15) is 5.69 Å². The predicted molar refractivity (Wildman–Crippen MR) is 99.5 cm³/mol. The molecule has 3 rings (SSSR count). The van der Waals surface area contributed by atoms with Crippen molar-refractivity contribution in [3.8, 4) is 0 Å². The molecule has 0 spiro atoms. The highest BCUT2D eigenvalue weighted by Crippen LogP contribution is 2.32. The molecule has 1 saturated heterocycles. The number of nitro groups is 1. The monoisotopic (exact) mass is 411 g/mol. The van der Waals surface area contributed by atoms with E-state index in [0.29, 0.717) is 18.7 Å². The highest BCUT2D eigenvalue weighted by Gasteiger charge is 2.29. The topological polar surface area (TPSA) is 92.6 Å². The van der Waals surface area contributed by atoms with Crippen molar-refractivity contribution in [2.24, 2.45) is 0 Å². The maximum atomic E-state index is 13.4. The van der Waals surface area contributed by atoms with Crippen LogP contribution in [0.25, 0.3) is 0 Å². The molecule has 1 aliphatic rings. The summed E-state index contributed by atoms with van der Waals surface area (Å²) in [5.74, 6) is -2.01. The summed E-state index contributed by atoms with van der Waals surface area (Å²) in [4.78, 5) is 10.7. The van der Waals surface area contributed by atoms with E-state index in [1.54, 1.807) is 6.92 Å². The van der Waals surface area contributed by atoms with Gasteiger partial charge in [-0.25, -0.2) is 17.2 Å². The zero-order valence-corrected chi connectivity index (χ0v) is 15.9. The molecular formula is C18H19F2N3O4S. The van der Waals surface area contributed by atoms with Crippen molar-refractivity contribution in [2.75, 3.05) is 18.4 Å². The summed E-state index contributed by atoms with van der Waals surface area (Å²) in [6.07, 6.45) is 1.51. The molecule has 0 bridgehead atoms. The number of halogens is 2. The minimum atomic E-state index is -3.79. The Balaban J connectivity index is 1.91. The van der Waals surface area contributed by atoms with Crippen molar-refractivity contribution in [1.29, 1.82) is 0 Å². The van der Waals surface area contributed by atoms with Crippen LogP contribution in [0.15, 0.2) is 41.3 Å². The molecular weight excluding hydrogens is 392 g/mol. The van der Waals surface area contributed by atoms with Gasteiger partial charge in [0, 0.05) is 25.2 Å². The van der Waals surface area contributed by atoms with Gasteiger partial charge in [0.25, 0.3) is 5.69 Å². The van der Waals surface area contributed by atoms with Crippen LogP contribution in [0.1, 0.15) is 31.4 Å². The maximum absolute atomic E-state index is 13.4. The smallest absolute Gasteiger partial charge is 0.293 e. The van der Waals surface area contributed by atoms with Gasteiger partial charge in [0.05, 0.1) is 9.82 Å². The number of nitrogens with zero attached hydrogens (tertiary/aromatic N) is 2. The average molecular weight is 411 g/mol. The summed E-state index contributed by atoms with van der Waals surface area (Å²) >= 11 is 0. The number of sulfonamides is 1. The van der Waals surface area contributed by atoms with Gasteiger partial charge in [-0.2, -0.15) is 4.31 Å². The zero-order chi connectivity index (χ0) is 20.5. The normalized spacial score (nSPS) is 16.1.